The van der Waals surface area contributed by atoms with E-state index in [2.05, 4.69) is 15.6 Å². The Labute approximate surface area is 140 Å². The minimum absolute atomic E-state index is 0.0180. The molecule has 0 bridgehead atoms. The maximum absolute atomic E-state index is 12.1. The summed E-state index contributed by atoms with van der Waals surface area (Å²) in [5.74, 6) is -0.333. The lowest BCUT2D eigenvalue weighted by Crippen LogP contribution is -2.45. The maximum Gasteiger partial charge on any atom is 0.321 e. The van der Waals surface area contributed by atoms with Crippen molar-refractivity contribution in [3.8, 4) is 0 Å². The van der Waals surface area contributed by atoms with Crippen LogP contribution in [-0.4, -0.2) is 28.2 Å². The molecule has 0 unspecified atom stereocenters. The second-order valence-electron chi connectivity index (χ2n) is 5.67. The lowest BCUT2D eigenvalue weighted by atomic mass is 10.1. The van der Waals surface area contributed by atoms with Crippen molar-refractivity contribution in [3.63, 3.8) is 0 Å². The SMILES string of the molecule is Cc1cc(S[C@@H](C)C(=O)NC(=O)NC(C)C)nc2ccccc12. The fraction of sp³-hybridized carbons (Fsp3) is 0.353. The number of carbonyl (C=O) groups is 2. The number of aryl methyl sites for hydroxylation is 1. The third-order valence-corrected chi connectivity index (χ3v) is 4.24. The summed E-state index contributed by atoms with van der Waals surface area (Å²) in [4.78, 5) is 28.2. The first kappa shape index (κ1) is 17.3. The number of nitrogens with one attached hydrogen (secondary N) is 2. The number of fused-ring (bicyclic) bond motifs is 1. The van der Waals surface area contributed by atoms with E-state index in [1.807, 2.05) is 51.1 Å². The number of rotatable bonds is 4. The predicted molar refractivity (Wildman–Crippen MR) is 93.6 cm³/mol. The summed E-state index contributed by atoms with van der Waals surface area (Å²) in [5, 5.41) is 6.43. The Kier molecular flexibility index (Phi) is 5.60. The van der Waals surface area contributed by atoms with E-state index in [1.165, 1.54) is 11.8 Å². The fourth-order valence-electron chi connectivity index (χ4n) is 2.13. The Hall–Kier alpha value is -2.08. The van der Waals surface area contributed by atoms with Gasteiger partial charge in [-0.1, -0.05) is 30.0 Å². The van der Waals surface area contributed by atoms with Gasteiger partial charge < -0.3 is 5.32 Å². The summed E-state index contributed by atoms with van der Waals surface area (Å²) in [6.07, 6.45) is 0. The zero-order valence-corrected chi connectivity index (χ0v) is 14.5. The van der Waals surface area contributed by atoms with E-state index >= 15 is 0 Å². The number of pyridine rings is 1. The Bertz CT molecular complexity index is 731. The van der Waals surface area contributed by atoms with Crippen LogP contribution in [0, 0.1) is 6.92 Å². The molecule has 1 aromatic heterocycles. The van der Waals surface area contributed by atoms with Crippen molar-refractivity contribution in [2.45, 2.75) is 44.0 Å². The van der Waals surface area contributed by atoms with Gasteiger partial charge in [0.05, 0.1) is 15.8 Å². The Balaban J connectivity index is 2.06. The number of para-hydroxylation sites is 1. The molecule has 0 aliphatic carbocycles. The van der Waals surface area contributed by atoms with E-state index in [-0.39, 0.29) is 11.9 Å². The highest BCUT2D eigenvalue weighted by Gasteiger charge is 2.18. The molecule has 2 rings (SSSR count). The van der Waals surface area contributed by atoms with Crippen molar-refractivity contribution >= 4 is 34.6 Å². The molecule has 0 fully saturated rings. The molecule has 3 amide bonds. The van der Waals surface area contributed by atoms with E-state index in [4.69, 9.17) is 0 Å². The third kappa shape index (κ3) is 4.69. The average molecular weight is 331 g/mol. The molecule has 1 heterocycles. The number of thioether (sulfide) groups is 1. The molecular weight excluding hydrogens is 310 g/mol. The van der Waals surface area contributed by atoms with Crippen LogP contribution < -0.4 is 10.6 Å². The van der Waals surface area contributed by atoms with Crippen LogP contribution in [0.1, 0.15) is 26.3 Å². The van der Waals surface area contributed by atoms with Gasteiger partial charge in [-0.25, -0.2) is 9.78 Å². The van der Waals surface area contributed by atoms with Crippen LogP contribution >= 0.6 is 11.8 Å². The molecule has 0 aliphatic heterocycles. The highest BCUT2D eigenvalue weighted by atomic mass is 32.2. The molecule has 0 radical (unpaired) electrons. The number of carbonyl (C=O) groups excluding carboxylic acids is 2. The molecule has 0 saturated carbocycles. The van der Waals surface area contributed by atoms with Crippen molar-refractivity contribution in [2.75, 3.05) is 0 Å². The maximum atomic E-state index is 12.1. The van der Waals surface area contributed by atoms with Gasteiger partial charge in [-0.05, 0) is 45.4 Å². The number of benzene rings is 1. The van der Waals surface area contributed by atoms with E-state index in [9.17, 15) is 9.59 Å². The predicted octanol–water partition coefficient (Wildman–Crippen LogP) is 3.26. The summed E-state index contributed by atoms with van der Waals surface area (Å²) in [7, 11) is 0. The normalized spacial score (nSPS) is 12.2. The molecule has 1 aromatic carbocycles. The third-order valence-electron chi connectivity index (χ3n) is 3.22. The quantitative estimate of drug-likeness (QED) is 0.844. The van der Waals surface area contributed by atoms with Crippen molar-refractivity contribution in [2.24, 2.45) is 0 Å². The van der Waals surface area contributed by atoms with Gasteiger partial charge in [0.25, 0.3) is 0 Å². The highest BCUT2D eigenvalue weighted by Crippen LogP contribution is 2.26. The molecule has 0 aliphatic rings. The summed E-state index contributed by atoms with van der Waals surface area (Å²) in [6.45, 7) is 7.46. The molecule has 5 nitrogen and oxygen atoms in total. The van der Waals surface area contributed by atoms with Crippen LogP contribution in [0.5, 0.6) is 0 Å². The lowest BCUT2D eigenvalue weighted by Gasteiger charge is -2.13. The molecule has 23 heavy (non-hydrogen) atoms. The largest absolute Gasteiger partial charge is 0.336 e. The van der Waals surface area contributed by atoms with Crippen molar-refractivity contribution < 1.29 is 9.59 Å². The van der Waals surface area contributed by atoms with E-state index < -0.39 is 11.3 Å². The van der Waals surface area contributed by atoms with E-state index in [1.54, 1.807) is 6.92 Å². The number of amides is 3. The fourth-order valence-corrected chi connectivity index (χ4v) is 3.05. The number of imide groups is 1. The van der Waals surface area contributed by atoms with Gasteiger partial charge >= 0.3 is 6.03 Å². The van der Waals surface area contributed by atoms with E-state index in [0.717, 1.165) is 21.5 Å². The Morgan fingerprint density at radius 1 is 1.17 bits per heavy atom. The summed E-state index contributed by atoms with van der Waals surface area (Å²) in [5.41, 5.74) is 2.02. The van der Waals surface area contributed by atoms with Gasteiger partial charge in [0, 0.05) is 11.4 Å². The number of hydrogen-bond donors (Lipinski definition) is 2. The van der Waals surface area contributed by atoms with Gasteiger partial charge in [0.15, 0.2) is 0 Å². The molecule has 2 aromatic rings. The monoisotopic (exact) mass is 331 g/mol. The molecule has 122 valence electrons. The average Bonchev–Trinajstić information content (AvgIpc) is 2.46. The molecule has 1 atom stereocenters. The Morgan fingerprint density at radius 2 is 1.87 bits per heavy atom. The number of urea groups is 1. The molecular formula is C17H21N3O2S. The summed E-state index contributed by atoms with van der Waals surface area (Å²) in [6, 6.07) is 9.37. The molecule has 0 saturated heterocycles. The van der Waals surface area contributed by atoms with Crippen molar-refractivity contribution in [1.82, 2.24) is 15.6 Å². The zero-order valence-electron chi connectivity index (χ0n) is 13.7. The van der Waals surface area contributed by atoms with Crippen LogP contribution in [0.25, 0.3) is 10.9 Å². The minimum atomic E-state index is -0.472. The molecule has 0 spiro atoms. The second kappa shape index (κ2) is 7.46. The molecule has 2 N–H and O–H groups in total. The number of nitrogens with zero attached hydrogens (tertiary/aromatic N) is 1. The number of aromatic nitrogens is 1. The van der Waals surface area contributed by atoms with E-state index in [0.29, 0.717) is 0 Å². The highest BCUT2D eigenvalue weighted by molar-refractivity contribution is 8.00. The molecule has 6 heteroatoms. The second-order valence-corrected chi connectivity index (χ2v) is 7.03. The van der Waals surface area contributed by atoms with Gasteiger partial charge in [-0.15, -0.1) is 0 Å². The van der Waals surface area contributed by atoms with Gasteiger partial charge in [0.2, 0.25) is 5.91 Å². The van der Waals surface area contributed by atoms with Gasteiger partial charge in [0.1, 0.15) is 0 Å². The van der Waals surface area contributed by atoms with Crippen LogP contribution in [0.15, 0.2) is 35.4 Å². The summed E-state index contributed by atoms with van der Waals surface area (Å²) >= 11 is 1.34. The lowest BCUT2D eigenvalue weighted by molar-refractivity contribution is -0.119. The first-order chi connectivity index (χ1) is 10.9. The van der Waals surface area contributed by atoms with Crippen LogP contribution in [-0.2, 0) is 4.79 Å². The minimum Gasteiger partial charge on any atom is -0.336 e. The van der Waals surface area contributed by atoms with Crippen LogP contribution in [0.3, 0.4) is 0 Å². The number of hydrogen-bond acceptors (Lipinski definition) is 4. The van der Waals surface area contributed by atoms with Gasteiger partial charge in [-0.3, -0.25) is 10.1 Å². The first-order valence-electron chi connectivity index (χ1n) is 7.51. The van der Waals surface area contributed by atoms with Crippen LogP contribution in [0.2, 0.25) is 0 Å². The standard InChI is InChI=1S/C17H21N3O2S/c1-10(2)18-17(22)20-16(21)12(4)23-15-9-11(3)13-7-5-6-8-14(13)19-15/h5-10,12H,1-4H3,(H2,18,20,21,22)/t12-/m0/s1. The van der Waals surface area contributed by atoms with Gasteiger partial charge in [-0.2, -0.15) is 0 Å². The van der Waals surface area contributed by atoms with Crippen molar-refractivity contribution in [3.05, 3.63) is 35.9 Å². The summed E-state index contributed by atoms with van der Waals surface area (Å²) < 4.78 is 0. The van der Waals surface area contributed by atoms with Crippen molar-refractivity contribution in [1.29, 1.82) is 0 Å². The Morgan fingerprint density at radius 3 is 2.57 bits per heavy atom. The topological polar surface area (TPSA) is 71.1 Å². The van der Waals surface area contributed by atoms with Crippen LogP contribution in [0.4, 0.5) is 4.79 Å². The first-order valence-corrected chi connectivity index (χ1v) is 8.39. The smallest absolute Gasteiger partial charge is 0.321 e. The zero-order chi connectivity index (χ0) is 17.0.